The zero-order valence-electron chi connectivity index (χ0n) is 6.30. The Kier molecular flexibility index (Phi) is 1.29. The van der Waals surface area contributed by atoms with Gasteiger partial charge < -0.3 is 4.57 Å². The third-order valence-corrected chi connectivity index (χ3v) is 1.46. The Morgan fingerprint density at radius 1 is 1.58 bits per heavy atom. The van der Waals surface area contributed by atoms with Crippen LogP contribution in [0.1, 0.15) is 0 Å². The van der Waals surface area contributed by atoms with Crippen LogP contribution in [0.4, 0.5) is 0 Å². The molecule has 0 unspecified atom stereocenters. The average Bonchev–Trinajstić information content (AvgIpc) is 2.59. The summed E-state index contributed by atoms with van der Waals surface area (Å²) in [6, 6.07) is 0. The summed E-state index contributed by atoms with van der Waals surface area (Å²) < 4.78 is 2.75. The molecule has 62 valence electrons. The highest BCUT2D eigenvalue weighted by atomic mass is 16.2. The number of imidazole rings is 1. The van der Waals surface area contributed by atoms with Gasteiger partial charge in [0.25, 0.3) is 0 Å². The van der Waals surface area contributed by atoms with E-state index in [0.29, 0.717) is 5.95 Å². The molecule has 0 bridgehead atoms. The number of hydrogen-bond donors (Lipinski definition) is 1. The zero-order valence-corrected chi connectivity index (χ0v) is 6.30. The Hall–Kier alpha value is -1.92. The summed E-state index contributed by atoms with van der Waals surface area (Å²) in [5.74, 6) is 0.439. The van der Waals surface area contributed by atoms with Crippen molar-refractivity contribution in [3.05, 3.63) is 22.9 Å². The predicted molar refractivity (Wildman–Crippen MR) is 38.7 cm³/mol. The Labute approximate surface area is 66.6 Å². The maximum atomic E-state index is 11.0. The van der Waals surface area contributed by atoms with Crippen molar-refractivity contribution in [2.75, 3.05) is 0 Å². The molecule has 0 aromatic carbocycles. The van der Waals surface area contributed by atoms with Crippen LogP contribution < -0.4 is 5.69 Å². The second-order valence-corrected chi connectivity index (χ2v) is 2.26. The first-order valence-electron chi connectivity index (χ1n) is 3.27. The van der Waals surface area contributed by atoms with Crippen LogP contribution in [-0.2, 0) is 7.05 Å². The van der Waals surface area contributed by atoms with Crippen LogP contribution in [0.25, 0.3) is 5.95 Å². The van der Waals surface area contributed by atoms with Crippen molar-refractivity contribution >= 4 is 0 Å². The van der Waals surface area contributed by atoms with Crippen LogP contribution in [0.2, 0.25) is 0 Å². The quantitative estimate of drug-likeness (QED) is 0.570. The van der Waals surface area contributed by atoms with Crippen LogP contribution in [0.5, 0.6) is 0 Å². The van der Waals surface area contributed by atoms with Gasteiger partial charge in [-0.3, -0.25) is 0 Å². The lowest BCUT2D eigenvalue weighted by molar-refractivity contribution is 0.700. The molecule has 0 atom stereocenters. The zero-order chi connectivity index (χ0) is 8.55. The van der Waals surface area contributed by atoms with Crippen LogP contribution in [0.3, 0.4) is 0 Å². The topological polar surface area (TPSA) is 81.4 Å². The van der Waals surface area contributed by atoms with E-state index in [4.69, 9.17) is 0 Å². The Bertz CT molecular complexity index is 436. The minimum atomic E-state index is -0.399. The van der Waals surface area contributed by atoms with E-state index in [2.05, 4.69) is 20.5 Å². The van der Waals surface area contributed by atoms with E-state index in [-0.39, 0.29) is 0 Å². The number of H-pyrrole nitrogens is 1. The van der Waals surface area contributed by atoms with E-state index < -0.39 is 5.69 Å². The van der Waals surface area contributed by atoms with E-state index in [1.54, 1.807) is 24.0 Å². The second-order valence-electron chi connectivity index (χ2n) is 2.26. The molecule has 2 rings (SSSR count). The van der Waals surface area contributed by atoms with Gasteiger partial charge in [0.15, 0.2) is 0 Å². The summed E-state index contributed by atoms with van der Waals surface area (Å²) in [5.41, 5.74) is -0.399. The van der Waals surface area contributed by atoms with Gasteiger partial charge in [-0.15, -0.1) is 4.68 Å². The molecule has 2 aromatic rings. The van der Waals surface area contributed by atoms with E-state index in [1.807, 2.05) is 0 Å². The molecule has 0 fully saturated rings. The summed E-state index contributed by atoms with van der Waals surface area (Å²) in [6.07, 6.45) is 3.30. The van der Waals surface area contributed by atoms with E-state index in [9.17, 15) is 4.79 Å². The van der Waals surface area contributed by atoms with E-state index in [0.717, 1.165) is 4.68 Å². The molecule has 0 aliphatic carbocycles. The molecular formula is C5H6N6O. The van der Waals surface area contributed by atoms with Crippen LogP contribution in [0, 0.1) is 0 Å². The molecular weight excluding hydrogens is 160 g/mol. The standard InChI is InChI=1S/C5H6N6O/c1-10-3-2-6-4(10)11-5(12)7-8-9-11/h2-3H,1H3,(H,7,9,12). The maximum absolute atomic E-state index is 11.0. The summed E-state index contributed by atoms with van der Waals surface area (Å²) >= 11 is 0. The number of nitrogens with zero attached hydrogens (tertiary/aromatic N) is 5. The van der Waals surface area contributed by atoms with Gasteiger partial charge in [0.1, 0.15) is 0 Å². The van der Waals surface area contributed by atoms with Crippen LogP contribution >= 0.6 is 0 Å². The molecule has 0 saturated carbocycles. The first-order valence-corrected chi connectivity index (χ1v) is 3.27. The average molecular weight is 166 g/mol. The van der Waals surface area contributed by atoms with Crippen LogP contribution in [-0.4, -0.2) is 29.8 Å². The number of aryl methyl sites for hydroxylation is 1. The molecule has 0 spiro atoms. The Morgan fingerprint density at radius 2 is 2.42 bits per heavy atom. The molecule has 0 aliphatic rings. The molecule has 7 heteroatoms. The van der Waals surface area contributed by atoms with Gasteiger partial charge in [0.05, 0.1) is 0 Å². The number of aromatic nitrogens is 6. The molecule has 1 N–H and O–H groups in total. The molecule has 0 radical (unpaired) electrons. The maximum Gasteiger partial charge on any atom is 0.368 e. The van der Waals surface area contributed by atoms with Crippen molar-refractivity contribution < 1.29 is 0 Å². The van der Waals surface area contributed by atoms with E-state index in [1.165, 1.54) is 0 Å². The third-order valence-electron chi connectivity index (χ3n) is 1.46. The normalized spacial score (nSPS) is 10.4. The van der Waals surface area contributed by atoms with Crippen molar-refractivity contribution in [2.45, 2.75) is 0 Å². The van der Waals surface area contributed by atoms with Crippen LogP contribution in [0.15, 0.2) is 17.2 Å². The highest BCUT2D eigenvalue weighted by molar-refractivity contribution is 5.07. The highest BCUT2D eigenvalue weighted by Crippen LogP contribution is 1.94. The summed E-state index contributed by atoms with van der Waals surface area (Å²) in [4.78, 5) is 14.9. The minimum absolute atomic E-state index is 0.399. The summed E-state index contributed by atoms with van der Waals surface area (Å²) in [7, 11) is 1.77. The number of rotatable bonds is 1. The number of hydrogen-bond acceptors (Lipinski definition) is 4. The molecule has 2 heterocycles. The third kappa shape index (κ3) is 0.831. The molecule has 2 aromatic heterocycles. The molecule has 0 aliphatic heterocycles. The van der Waals surface area contributed by atoms with Gasteiger partial charge in [0.2, 0.25) is 5.95 Å². The van der Waals surface area contributed by atoms with Gasteiger partial charge in [-0.05, 0) is 10.4 Å². The first-order chi connectivity index (χ1) is 5.79. The van der Waals surface area contributed by atoms with Gasteiger partial charge in [0, 0.05) is 19.4 Å². The van der Waals surface area contributed by atoms with Gasteiger partial charge >= 0.3 is 5.69 Å². The minimum Gasteiger partial charge on any atom is -0.318 e. The Morgan fingerprint density at radius 3 is 2.92 bits per heavy atom. The molecule has 12 heavy (non-hydrogen) atoms. The number of aromatic amines is 1. The highest BCUT2D eigenvalue weighted by Gasteiger charge is 2.06. The monoisotopic (exact) mass is 166 g/mol. The number of tetrazole rings is 1. The summed E-state index contributed by atoms with van der Waals surface area (Å²) in [6.45, 7) is 0. The fraction of sp³-hybridized carbons (Fsp3) is 0.200. The predicted octanol–water partition coefficient (Wildman–Crippen LogP) is -1.31. The lowest BCUT2D eigenvalue weighted by atomic mass is 10.9. The lowest BCUT2D eigenvalue weighted by Crippen LogP contribution is -2.19. The SMILES string of the molecule is Cn1ccnc1-n1nn[nH]c1=O. The van der Waals surface area contributed by atoms with Crippen molar-refractivity contribution in [3.8, 4) is 5.95 Å². The van der Waals surface area contributed by atoms with Crippen molar-refractivity contribution in [1.29, 1.82) is 0 Å². The van der Waals surface area contributed by atoms with E-state index >= 15 is 0 Å². The lowest BCUT2D eigenvalue weighted by Gasteiger charge is -1.95. The first kappa shape index (κ1) is 6.77. The number of nitrogens with one attached hydrogen (secondary N) is 1. The van der Waals surface area contributed by atoms with Gasteiger partial charge in [-0.1, -0.05) is 0 Å². The van der Waals surface area contributed by atoms with Gasteiger partial charge in [-0.2, -0.15) is 0 Å². The van der Waals surface area contributed by atoms with Crippen molar-refractivity contribution in [3.63, 3.8) is 0 Å². The fourth-order valence-corrected chi connectivity index (χ4v) is 0.890. The van der Waals surface area contributed by atoms with Crippen molar-refractivity contribution in [2.24, 2.45) is 7.05 Å². The summed E-state index contributed by atoms with van der Waals surface area (Å²) in [5, 5.41) is 9.05. The van der Waals surface area contributed by atoms with Crippen molar-refractivity contribution in [1.82, 2.24) is 29.8 Å². The second kappa shape index (κ2) is 2.29. The molecule has 7 nitrogen and oxygen atoms in total. The molecule has 0 saturated heterocycles. The fourth-order valence-electron chi connectivity index (χ4n) is 0.890. The smallest absolute Gasteiger partial charge is 0.318 e. The molecule has 0 amide bonds. The Balaban J connectivity index is 2.65. The van der Waals surface area contributed by atoms with Gasteiger partial charge in [-0.25, -0.2) is 14.9 Å². The largest absolute Gasteiger partial charge is 0.368 e.